The maximum Gasteiger partial charge on any atom is 0.305 e. The van der Waals surface area contributed by atoms with Crippen LogP contribution in [-0.2, 0) is 47.2 Å². The summed E-state index contributed by atoms with van der Waals surface area (Å²) in [7, 11) is -2.22. The van der Waals surface area contributed by atoms with Gasteiger partial charge in [-0.1, -0.05) is 44.0 Å². The fourth-order valence-corrected chi connectivity index (χ4v) is 11.5. The van der Waals surface area contributed by atoms with Gasteiger partial charge >= 0.3 is 5.97 Å². The fraction of sp³-hybridized carbons (Fsp3) is 0.590. The third-order valence-electron chi connectivity index (χ3n) is 11.6. The number of aliphatic hydroxyl groups is 1. The Hall–Kier alpha value is -3.61. The lowest BCUT2D eigenvalue weighted by molar-refractivity contribution is -0.151. The highest BCUT2D eigenvalue weighted by molar-refractivity contribution is 6.72. The Balaban J connectivity index is 1.36. The van der Waals surface area contributed by atoms with Crippen molar-refractivity contribution in [3.8, 4) is 0 Å². The standard InChI is InChI=1S/C39H52FN3O7Si/c1-26-37(51(3,4)40)33(23-35(46)43-24-28-14-9-8-13-27(28)21-30(43)25-44)50-39(26)31-22-29(41-19-11-6-5-7-15-34(41)45)17-18-32(31)42(38(39)48)20-12-10-16-36(47)49-2/h8-9,13-14,17-18,22,26,30,33,37,44H,5-7,10-12,15-16,19-21,23-25H2,1-4H3/t26-,30-,33+,37-,39+/m0/s1. The number of methoxy groups -OCH3 is 1. The number of esters is 1. The average molecular weight is 722 g/mol. The number of unbranched alkanes of at least 4 members (excludes halogenated alkanes) is 1. The zero-order valence-corrected chi connectivity index (χ0v) is 31.4. The average Bonchev–Trinajstić information content (AvgIpc) is 3.53. The second kappa shape index (κ2) is 15.2. The number of ether oxygens (including phenoxy) is 2. The summed E-state index contributed by atoms with van der Waals surface area (Å²) < 4.78 is 28.3. The molecule has 5 atom stereocenters. The predicted molar refractivity (Wildman–Crippen MR) is 194 cm³/mol. The Morgan fingerprint density at radius 1 is 1.06 bits per heavy atom. The minimum absolute atomic E-state index is 0.0354. The van der Waals surface area contributed by atoms with Crippen molar-refractivity contribution in [3.05, 3.63) is 59.2 Å². The third kappa shape index (κ3) is 7.11. The van der Waals surface area contributed by atoms with Crippen LogP contribution in [0.3, 0.4) is 0 Å². The third-order valence-corrected chi connectivity index (χ3v) is 14.0. The van der Waals surface area contributed by atoms with Crippen molar-refractivity contribution < 1.29 is 37.9 Å². The van der Waals surface area contributed by atoms with E-state index in [0.29, 0.717) is 62.3 Å². The molecule has 3 amide bonds. The molecule has 4 aliphatic rings. The molecule has 2 saturated heterocycles. The molecule has 1 N–H and O–H groups in total. The van der Waals surface area contributed by atoms with Gasteiger partial charge in [-0.05, 0) is 74.5 Å². The minimum atomic E-state index is -3.56. The molecule has 0 saturated carbocycles. The number of anilines is 2. The van der Waals surface area contributed by atoms with Crippen LogP contribution in [0.4, 0.5) is 15.5 Å². The number of amides is 3. The van der Waals surface area contributed by atoms with Gasteiger partial charge in [0.25, 0.3) is 5.91 Å². The number of benzene rings is 2. The van der Waals surface area contributed by atoms with Crippen molar-refractivity contribution in [2.75, 3.05) is 36.6 Å². The Morgan fingerprint density at radius 3 is 2.53 bits per heavy atom. The number of rotatable bonds is 10. The van der Waals surface area contributed by atoms with Gasteiger partial charge in [-0.25, -0.2) is 0 Å². The summed E-state index contributed by atoms with van der Waals surface area (Å²) in [6.07, 6.45) is 5.00. The Bertz CT molecular complexity index is 1650. The molecule has 2 aromatic rings. The molecule has 0 radical (unpaired) electrons. The molecule has 1 spiro atoms. The van der Waals surface area contributed by atoms with E-state index in [-0.39, 0.29) is 43.1 Å². The Kier molecular flexibility index (Phi) is 11.0. The van der Waals surface area contributed by atoms with Crippen LogP contribution in [0, 0.1) is 5.92 Å². The lowest BCUT2D eigenvalue weighted by atomic mass is 9.82. The lowest BCUT2D eigenvalue weighted by Gasteiger charge is -2.37. The van der Waals surface area contributed by atoms with Gasteiger partial charge in [-0.15, -0.1) is 0 Å². The number of fused-ring (bicyclic) bond motifs is 3. The zero-order chi connectivity index (χ0) is 36.5. The van der Waals surface area contributed by atoms with Crippen molar-refractivity contribution in [1.29, 1.82) is 0 Å². The highest BCUT2D eigenvalue weighted by Gasteiger charge is 2.67. The summed E-state index contributed by atoms with van der Waals surface area (Å²) in [6, 6.07) is 13.1. The van der Waals surface area contributed by atoms with Gasteiger partial charge in [-0.3, -0.25) is 19.2 Å². The van der Waals surface area contributed by atoms with Crippen LogP contribution >= 0.6 is 0 Å². The van der Waals surface area contributed by atoms with E-state index in [1.54, 1.807) is 27.8 Å². The molecular weight excluding hydrogens is 670 g/mol. The second-order valence-electron chi connectivity index (χ2n) is 15.2. The molecule has 12 heteroatoms. The van der Waals surface area contributed by atoms with Gasteiger partial charge in [0.05, 0.1) is 38.0 Å². The number of hydrogen-bond donors (Lipinski definition) is 1. The molecule has 0 unspecified atom stereocenters. The first kappa shape index (κ1) is 37.2. The van der Waals surface area contributed by atoms with Crippen LogP contribution < -0.4 is 9.80 Å². The van der Waals surface area contributed by atoms with Gasteiger partial charge in [0, 0.05) is 55.2 Å². The van der Waals surface area contributed by atoms with Gasteiger partial charge in [-0.2, -0.15) is 0 Å². The molecule has 51 heavy (non-hydrogen) atoms. The quantitative estimate of drug-likeness (QED) is 0.143. The number of nitrogens with zero attached hydrogens (tertiary/aromatic N) is 3. The van der Waals surface area contributed by atoms with E-state index < -0.39 is 37.6 Å². The predicted octanol–water partition coefficient (Wildman–Crippen LogP) is 5.78. The number of carbonyl (C=O) groups excluding carboxylic acids is 4. The van der Waals surface area contributed by atoms with Gasteiger partial charge in [0.2, 0.25) is 20.2 Å². The summed E-state index contributed by atoms with van der Waals surface area (Å²) in [5.41, 5.74) is 1.78. The Labute approximate surface area is 301 Å². The lowest BCUT2D eigenvalue weighted by Crippen LogP contribution is -2.48. The molecule has 10 nitrogen and oxygen atoms in total. The largest absolute Gasteiger partial charge is 0.469 e. The van der Waals surface area contributed by atoms with Crippen molar-refractivity contribution >= 4 is 43.5 Å². The van der Waals surface area contributed by atoms with Crippen molar-refractivity contribution in [1.82, 2.24) is 4.90 Å². The monoisotopic (exact) mass is 721 g/mol. The maximum atomic E-state index is 16.6. The first-order valence-corrected chi connectivity index (χ1v) is 21.5. The summed E-state index contributed by atoms with van der Waals surface area (Å²) in [6.45, 7) is 6.12. The van der Waals surface area contributed by atoms with Crippen molar-refractivity contribution in [2.45, 2.75) is 114 Å². The second-order valence-corrected chi connectivity index (χ2v) is 19.0. The molecule has 0 bridgehead atoms. The van der Waals surface area contributed by atoms with Crippen molar-refractivity contribution in [3.63, 3.8) is 0 Å². The fourth-order valence-electron chi connectivity index (χ4n) is 9.03. The van der Waals surface area contributed by atoms with E-state index in [2.05, 4.69) is 0 Å². The van der Waals surface area contributed by atoms with Crippen LogP contribution in [0.1, 0.15) is 81.4 Å². The van der Waals surface area contributed by atoms with Gasteiger partial charge in [0.1, 0.15) is 0 Å². The minimum Gasteiger partial charge on any atom is -0.469 e. The van der Waals surface area contributed by atoms with E-state index in [9.17, 15) is 24.3 Å². The topological polar surface area (TPSA) is 117 Å². The molecule has 276 valence electrons. The first-order valence-electron chi connectivity index (χ1n) is 18.6. The van der Waals surface area contributed by atoms with Gasteiger partial charge in [0.15, 0.2) is 5.60 Å². The summed E-state index contributed by atoms with van der Waals surface area (Å²) >= 11 is 0. The molecule has 4 aliphatic heterocycles. The number of aliphatic hydroxyl groups excluding tert-OH is 1. The van der Waals surface area contributed by atoms with Crippen LogP contribution in [-0.4, -0.2) is 81.1 Å². The van der Waals surface area contributed by atoms with E-state index in [1.807, 2.05) is 49.4 Å². The number of halogens is 1. The summed E-state index contributed by atoms with van der Waals surface area (Å²) in [4.78, 5) is 59.3. The number of carbonyl (C=O) groups is 4. The van der Waals surface area contributed by atoms with E-state index in [4.69, 9.17) is 9.47 Å². The number of hydrogen-bond acceptors (Lipinski definition) is 7. The molecule has 2 fully saturated rings. The summed E-state index contributed by atoms with van der Waals surface area (Å²) in [5.74, 6) is -1.44. The molecular formula is C39H52FN3O7Si. The van der Waals surface area contributed by atoms with E-state index in [0.717, 1.165) is 36.8 Å². The van der Waals surface area contributed by atoms with E-state index in [1.165, 1.54) is 7.11 Å². The van der Waals surface area contributed by atoms with Crippen molar-refractivity contribution in [2.24, 2.45) is 5.92 Å². The maximum absolute atomic E-state index is 16.6. The SMILES string of the molecule is COC(=O)CCCCN1C(=O)[C@]2(O[C@H](CC(=O)N3Cc4ccccc4C[C@H]3CO)[C@@H]([Si](C)(C)F)[C@@H]2C)c2cc(N3CCCCCCC3=O)ccc21. The van der Waals surface area contributed by atoms with E-state index >= 15 is 4.11 Å². The van der Waals surface area contributed by atoms with Gasteiger partial charge < -0.3 is 33.4 Å². The molecule has 0 aromatic heterocycles. The highest BCUT2D eigenvalue weighted by Crippen LogP contribution is 2.60. The molecule has 0 aliphatic carbocycles. The van der Waals surface area contributed by atoms with Crippen LogP contribution in [0.25, 0.3) is 0 Å². The smallest absolute Gasteiger partial charge is 0.305 e. The molecule has 6 rings (SSSR count). The van der Waals surface area contributed by atoms with Crippen LogP contribution in [0.2, 0.25) is 18.6 Å². The summed E-state index contributed by atoms with van der Waals surface area (Å²) in [5, 5.41) is 10.3. The molecule has 4 heterocycles. The Morgan fingerprint density at radius 2 is 1.80 bits per heavy atom. The first-order chi connectivity index (χ1) is 24.4. The zero-order valence-electron chi connectivity index (χ0n) is 30.4. The van der Waals surface area contributed by atoms with Crippen LogP contribution in [0.15, 0.2) is 42.5 Å². The normalized spacial score (nSPS) is 26.6. The van der Waals surface area contributed by atoms with Crippen LogP contribution in [0.5, 0.6) is 0 Å². The molecule has 2 aromatic carbocycles. The highest BCUT2D eigenvalue weighted by atomic mass is 28.4.